The van der Waals surface area contributed by atoms with Gasteiger partial charge in [0.2, 0.25) is 5.90 Å². The van der Waals surface area contributed by atoms with Gasteiger partial charge in [0.05, 0.1) is 23.2 Å². The minimum atomic E-state index is -0.631. The molecule has 37 heavy (non-hydrogen) atoms. The van der Waals surface area contributed by atoms with Gasteiger partial charge in [0, 0.05) is 15.6 Å². The van der Waals surface area contributed by atoms with Crippen molar-refractivity contribution in [2.75, 3.05) is 13.2 Å². The summed E-state index contributed by atoms with van der Waals surface area (Å²) in [5, 5.41) is 0. The maximum atomic E-state index is 12.8. The van der Waals surface area contributed by atoms with Gasteiger partial charge < -0.3 is 18.9 Å². The summed E-state index contributed by atoms with van der Waals surface area (Å²) in [5.74, 6) is 0.342. The van der Waals surface area contributed by atoms with Crippen LogP contribution in [0.25, 0.3) is 6.08 Å². The number of hydrogen-bond acceptors (Lipinski definition) is 7. The second-order valence-electron chi connectivity index (χ2n) is 7.93. The number of carbonyl (C=O) groups is 2. The molecule has 0 aromatic heterocycles. The van der Waals surface area contributed by atoms with Gasteiger partial charge in [0.1, 0.15) is 0 Å². The number of rotatable bonds is 8. The zero-order valence-electron chi connectivity index (χ0n) is 20.3. The first kappa shape index (κ1) is 26.6. The molecular weight excluding hydrogens is 606 g/mol. The lowest BCUT2D eigenvalue weighted by atomic mass is 10.1. The van der Waals surface area contributed by atoms with Crippen molar-refractivity contribution in [2.45, 2.75) is 20.8 Å². The quantitative estimate of drug-likeness (QED) is 0.154. The van der Waals surface area contributed by atoms with E-state index in [1.807, 2.05) is 26.8 Å². The molecule has 0 radical (unpaired) electrons. The Kier molecular flexibility index (Phi) is 8.45. The van der Waals surface area contributed by atoms with Crippen LogP contribution in [0.2, 0.25) is 0 Å². The van der Waals surface area contributed by atoms with E-state index in [2.05, 4.69) is 36.9 Å². The highest BCUT2D eigenvalue weighted by Crippen LogP contribution is 2.36. The number of nitrogens with zero attached hydrogens (tertiary/aromatic N) is 1. The van der Waals surface area contributed by atoms with E-state index in [9.17, 15) is 9.59 Å². The number of halogens is 2. The molecule has 1 heterocycles. The Bertz CT molecular complexity index is 1430. The third-order valence-electron chi connectivity index (χ3n) is 5.19. The van der Waals surface area contributed by atoms with Crippen LogP contribution in [-0.2, 0) is 9.53 Å². The zero-order chi connectivity index (χ0) is 26.5. The molecule has 0 bridgehead atoms. The van der Waals surface area contributed by atoms with Crippen LogP contribution >= 0.6 is 31.9 Å². The summed E-state index contributed by atoms with van der Waals surface area (Å²) in [7, 11) is 0. The van der Waals surface area contributed by atoms with E-state index in [4.69, 9.17) is 18.9 Å². The summed E-state index contributed by atoms with van der Waals surface area (Å²) in [6.45, 7) is 6.58. The summed E-state index contributed by atoms with van der Waals surface area (Å²) in [6.07, 6.45) is 1.52. The Balaban J connectivity index is 1.69. The number of ether oxygens (including phenoxy) is 4. The molecule has 0 atom stereocenters. The van der Waals surface area contributed by atoms with Crippen molar-refractivity contribution in [3.8, 4) is 17.2 Å². The van der Waals surface area contributed by atoms with E-state index < -0.39 is 11.9 Å². The van der Waals surface area contributed by atoms with Gasteiger partial charge in [-0.25, -0.2) is 14.6 Å². The molecule has 1 aliphatic heterocycles. The van der Waals surface area contributed by atoms with Crippen molar-refractivity contribution in [3.63, 3.8) is 0 Å². The molecule has 3 aromatic carbocycles. The molecule has 0 spiro atoms. The van der Waals surface area contributed by atoms with Gasteiger partial charge in [-0.15, -0.1) is 0 Å². The highest BCUT2D eigenvalue weighted by atomic mass is 79.9. The summed E-state index contributed by atoms with van der Waals surface area (Å²) in [6, 6.07) is 15.8. The van der Waals surface area contributed by atoms with Gasteiger partial charge in [0.25, 0.3) is 0 Å². The van der Waals surface area contributed by atoms with Crippen LogP contribution in [0.5, 0.6) is 17.2 Å². The van der Waals surface area contributed by atoms with Crippen LogP contribution in [0, 0.1) is 6.92 Å². The van der Waals surface area contributed by atoms with E-state index in [0.29, 0.717) is 50.3 Å². The number of esters is 2. The Morgan fingerprint density at radius 1 is 1.00 bits per heavy atom. The third kappa shape index (κ3) is 6.29. The van der Waals surface area contributed by atoms with Crippen molar-refractivity contribution < 1.29 is 28.5 Å². The molecule has 190 valence electrons. The molecule has 1 aliphatic rings. The molecule has 0 amide bonds. The second kappa shape index (κ2) is 11.7. The topological polar surface area (TPSA) is 83.4 Å². The van der Waals surface area contributed by atoms with Gasteiger partial charge in [-0.3, -0.25) is 0 Å². The first-order chi connectivity index (χ1) is 17.8. The molecular formula is C28H23Br2NO6. The number of benzene rings is 3. The molecule has 7 nitrogen and oxygen atoms in total. The average Bonchev–Trinajstić information content (AvgIpc) is 3.22. The summed E-state index contributed by atoms with van der Waals surface area (Å²) in [4.78, 5) is 29.9. The van der Waals surface area contributed by atoms with Crippen molar-refractivity contribution in [2.24, 2.45) is 4.99 Å². The number of aryl methyl sites for hydroxylation is 1. The summed E-state index contributed by atoms with van der Waals surface area (Å²) < 4.78 is 23.7. The molecule has 0 fully saturated rings. The average molecular weight is 629 g/mol. The van der Waals surface area contributed by atoms with Crippen LogP contribution < -0.4 is 14.2 Å². The van der Waals surface area contributed by atoms with Gasteiger partial charge in [0.15, 0.2) is 22.9 Å². The first-order valence-corrected chi connectivity index (χ1v) is 13.1. The normalized spacial score (nSPS) is 13.8. The van der Waals surface area contributed by atoms with E-state index in [1.54, 1.807) is 48.5 Å². The first-order valence-electron chi connectivity index (χ1n) is 11.5. The maximum absolute atomic E-state index is 12.8. The maximum Gasteiger partial charge on any atom is 0.363 e. The smallest absolute Gasteiger partial charge is 0.363 e. The van der Waals surface area contributed by atoms with E-state index in [-0.39, 0.29) is 17.3 Å². The Labute approximate surface area is 231 Å². The van der Waals surface area contributed by atoms with E-state index in [1.165, 1.54) is 6.08 Å². The highest BCUT2D eigenvalue weighted by Gasteiger charge is 2.26. The lowest BCUT2D eigenvalue weighted by Crippen LogP contribution is -2.10. The standard InChI is InChI=1S/C28H23Br2NO6/c1-4-34-23-10-9-17(14-24(23)35-5-2)26-31-22(28(33)37-26)13-19-12-20(29)15-21(30)25(19)36-27(32)18-8-6-7-16(3)11-18/h6-15H,4-5H2,1-3H3/b22-13-. The van der Waals surface area contributed by atoms with E-state index >= 15 is 0 Å². The van der Waals surface area contributed by atoms with Crippen LogP contribution in [0.3, 0.4) is 0 Å². The highest BCUT2D eigenvalue weighted by molar-refractivity contribution is 9.11. The fourth-order valence-corrected chi connectivity index (χ4v) is 4.92. The van der Waals surface area contributed by atoms with Gasteiger partial charge >= 0.3 is 11.9 Å². The minimum Gasteiger partial charge on any atom is -0.490 e. The molecule has 3 aromatic rings. The lowest BCUT2D eigenvalue weighted by Gasteiger charge is -2.11. The van der Waals surface area contributed by atoms with Crippen molar-refractivity contribution in [3.05, 3.63) is 91.5 Å². The fraction of sp³-hybridized carbons (Fsp3) is 0.179. The van der Waals surface area contributed by atoms with Gasteiger partial charge in [-0.2, -0.15) is 0 Å². The summed E-state index contributed by atoms with van der Waals surface area (Å²) >= 11 is 6.90. The zero-order valence-corrected chi connectivity index (χ0v) is 23.5. The van der Waals surface area contributed by atoms with Crippen molar-refractivity contribution in [1.29, 1.82) is 0 Å². The second-order valence-corrected chi connectivity index (χ2v) is 9.70. The predicted octanol–water partition coefficient (Wildman–Crippen LogP) is 6.88. The Hall–Kier alpha value is -3.43. The minimum absolute atomic E-state index is 0.0553. The van der Waals surface area contributed by atoms with E-state index in [0.717, 1.165) is 5.56 Å². The Morgan fingerprint density at radius 2 is 1.76 bits per heavy atom. The SMILES string of the molecule is CCOc1ccc(C2=N/C(=C\c3cc(Br)cc(Br)c3OC(=O)c3cccc(C)c3)C(=O)O2)cc1OCC. The number of cyclic esters (lactones) is 1. The molecule has 0 N–H and O–H groups in total. The van der Waals surface area contributed by atoms with Crippen molar-refractivity contribution in [1.82, 2.24) is 0 Å². The number of aliphatic imine (C=N–C) groups is 1. The van der Waals surface area contributed by atoms with Crippen LogP contribution in [0.15, 0.2) is 74.2 Å². The molecule has 0 saturated heterocycles. The monoisotopic (exact) mass is 627 g/mol. The van der Waals surface area contributed by atoms with Crippen LogP contribution in [-0.4, -0.2) is 31.1 Å². The molecule has 4 rings (SSSR count). The van der Waals surface area contributed by atoms with Crippen molar-refractivity contribution >= 4 is 55.8 Å². The lowest BCUT2D eigenvalue weighted by molar-refractivity contribution is -0.129. The van der Waals surface area contributed by atoms with Crippen LogP contribution in [0.4, 0.5) is 0 Å². The van der Waals surface area contributed by atoms with Gasteiger partial charge in [-0.05, 0) is 85.2 Å². The summed E-state index contributed by atoms with van der Waals surface area (Å²) in [5.41, 5.74) is 2.42. The fourth-order valence-electron chi connectivity index (χ4n) is 3.58. The van der Waals surface area contributed by atoms with Gasteiger partial charge in [-0.1, -0.05) is 33.6 Å². The molecule has 0 unspecified atom stereocenters. The van der Waals surface area contributed by atoms with Crippen LogP contribution in [0.1, 0.15) is 40.9 Å². The third-order valence-corrected chi connectivity index (χ3v) is 6.24. The predicted molar refractivity (Wildman–Crippen MR) is 147 cm³/mol. The molecule has 9 heteroatoms. The molecule has 0 saturated carbocycles. The largest absolute Gasteiger partial charge is 0.490 e. The Morgan fingerprint density at radius 3 is 2.49 bits per heavy atom. The number of carbonyl (C=O) groups excluding carboxylic acids is 2. The number of hydrogen-bond donors (Lipinski definition) is 0. The molecule has 0 aliphatic carbocycles.